The fourth-order valence-electron chi connectivity index (χ4n) is 2.75. The van der Waals surface area contributed by atoms with Crippen molar-refractivity contribution >= 4 is 93.5 Å². The van der Waals surface area contributed by atoms with Crippen molar-refractivity contribution in [2.24, 2.45) is 0 Å². The number of halogens is 6. The third-order valence-electron chi connectivity index (χ3n) is 4.68. The first-order valence-electron chi connectivity index (χ1n) is 11.1. The molecule has 38 heavy (non-hydrogen) atoms. The molecule has 14 heteroatoms. The van der Waals surface area contributed by atoms with Gasteiger partial charge in [0.05, 0.1) is 33.3 Å². The average Bonchev–Trinajstić information content (AvgIpc) is 2.85. The summed E-state index contributed by atoms with van der Waals surface area (Å²) in [6, 6.07) is 2.28. The van der Waals surface area contributed by atoms with Crippen LogP contribution in [0.5, 0.6) is 11.5 Å². The number of unbranched alkanes of at least 4 members (excludes halogenated alkanes) is 2. The fraction of sp³-hybridized carbons (Fsp3) is 0.333. The molecule has 0 amide bonds. The second kappa shape index (κ2) is 15.0. The quantitative estimate of drug-likeness (QED) is 0.0838. The molecule has 0 unspecified atom stereocenters. The molecule has 2 aromatic rings. The molecule has 0 spiro atoms. The van der Waals surface area contributed by atoms with E-state index < -0.39 is 56.5 Å². The number of esters is 4. The van der Waals surface area contributed by atoms with Crippen LogP contribution in [-0.2, 0) is 19.1 Å². The second-order valence-corrected chi connectivity index (χ2v) is 9.86. The first kappa shape index (κ1) is 32.3. The third-order valence-corrected chi connectivity index (χ3v) is 6.82. The number of hydrogen-bond acceptors (Lipinski definition) is 8. The Morgan fingerprint density at radius 3 is 1.26 bits per heavy atom. The zero-order chi connectivity index (χ0) is 28.6. The number of carbonyl (C=O) groups excluding carboxylic acids is 4. The first-order chi connectivity index (χ1) is 17.9. The molecule has 8 nitrogen and oxygen atoms in total. The van der Waals surface area contributed by atoms with Gasteiger partial charge in [0.1, 0.15) is 21.2 Å². The van der Waals surface area contributed by atoms with Crippen LogP contribution in [-0.4, -0.2) is 37.1 Å². The largest absolute Gasteiger partial charge is 0.462 e. The lowest BCUT2D eigenvalue weighted by Crippen LogP contribution is -2.27. The van der Waals surface area contributed by atoms with Gasteiger partial charge in [-0.05, 0) is 25.0 Å². The minimum Gasteiger partial charge on any atom is -0.462 e. The van der Waals surface area contributed by atoms with Gasteiger partial charge >= 0.3 is 23.9 Å². The van der Waals surface area contributed by atoms with Gasteiger partial charge in [0.15, 0.2) is 11.5 Å². The zero-order valence-corrected chi connectivity index (χ0v) is 24.5. The van der Waals surface area contributed by atoms with Gasteiger partial charge in [0.25, 0.3) is 0 Å². The molecule has 206 valence electrons. The molecular formula is C24H20Cl6O8. The molecule has 2 rings (SSSR count). The molecule has 0 bridgehead atoms. The Hall–Kier alpha value is -1.94. The van der Waals surface area contributed by atoms with E-state index in [9.17, 15) is 19.2 Å². The Bertz CT molecular complexity index is 1150. The summed E-state index contributed by atoms with van der Waals surface area (Å²) >= 11 is 36.5. The first-order valence-corrected chi connectivity index (χ1v) is 13.3. The van der Waals surface area contributed by atoms with Crippen LogP contribution in [0.4, 0.5) is 0 Å². The highest BCUT2D eigenvalue weighted by atomic mass is 35.5. The summed E-state index contributed by atoms with van der Waals surface area (Å²) < 4.78 is 20.3. The Morgan fingerprint density at radius 2 is 0.947 bits per heavy atom. The summed E-state index contributed by atoms with van der Waals surface area (Å²) in [5.74, 6) is -6.57. The molecule has 0 fully saturated rings. The lowest BCUT2D eigenvalue weighted by atomic mass is 10.2. The molecule has 0 aliphatic heterocycles. The number of carbonyl (C=O) groups is 4. The zero-order valence-electron chi connectivity index (χ0n) is 19.9. The van der Waals surface area contributed by atoms with Crippen LogP contribution in [0.15, 0.2) is 12.1 Å². The van der Waals surface area contributed by atoms with E-state index in [2.05, 4.69) is 0 Å². The van der Waals surface area contributed by atoms with Gasteiger partial charge in [0, 0.05) is 0 Å². The molecule has 0 saturated carbocycles. The van der Waals surface area contributed by atoms with E-state index in [0.717, 1.165) is 25.0 Å². The van der Waals surface area contributed by atoms with Crippen LogP contribution < -0.4 is 9.47 Å². The van der Waals surface area contributed by atoms with Crippen LogP contribution in [0.3, 0.4) is 0 Å². The molecule has 0 aliphatic carbocycles. The molecule has 0 aromatic heterocycles. The van der Waals surface area contributed by atoms with Gasteiger partial charge in [-0.1, -0.05) is 96.3 Å². The van der Waals surface area contributed by atoms with Crippen molar-refractivity contribution in [2.75, 3.05) is 13.2 Å². The molecule has 0 aliphatic rings. The van der Waals surface area contributed by atoms with E-state index in [0.29, 0.717) is 12.8 Å². The van der Waals surface area contributed by atoms with Crippen molar-refractivity contribution in [1.82, 2.24) is 0 Å². The van der Waals surface area contributed by atoms with E-state index in [4.69, 9.17) is 88.6 Å². The van der Waals surface area contributed by atoms with Gasteiger partial charge in [-0.25, -0.2) is 19.2 Å². The third kappa shape index (κ3) is 8.04. The van der Waals surface area contributed by atoms with Crippen molar-refractivity contribution in [1.29, 1.82) is 0 Å². The topological polar surface area (TPSA) is 105 Å². The Morgan fingerprint density at radius 1 is 0.605 bits per heavy atom. The lowest BCUT2D eigenvalue weighted by molar-refractivity contribution is -0.156. The van der Waals surface area contributed by atoms with Crippen molar-refractivity contribution in [3.63, 3.8) is 0 Å². The van der Waals surface area contributed by atoms with E-state index in [1.807, 2.05) is 13.8 Å². The normalized spacial score (nSPS) is 10.6. The SMILES string of the molecule is CCCCOC(=O)c1c(Cl)cc(Cl)c(Cl)c1OC(=O)C(=O)Oc1c(Cl)c(Cl)cc(Cl)c1C(=O)OCCCC. The highest BCUT2D eigenvalue weighted by Gasteiger charge is 2.32. The van der Waals surface area contributed by atoms with E-state index in [-0.39, 0.29) is 33.3 Å². The Labute approximate surface area is 248 Å². The number of hydrogen-bond donors (Lipinski definition) is 0. The van der Waals surface area contributed by atoms with Crippen LogP contribution in [0, 0.1) is 0 Å². The van der Waals surface area contributed by atoms with Crippen LogP contribution >= 0.6 is 69.6 Å². The molecule has 0 N–H and O–H groups in total. The lowest BCUT2D eigenvalue weighted by Gasteiger charge is -2.15. The molecule has 0 atom stereocenters. The Kier molecular flexibility index (Phi) is 12.7. The standard InChI is InChI=1S/C24H20Cl6O8/c1-3-5-7-35-21(31)15-11(25)9-13(27)17(29)19(15)37-23(33)24(34)38-20-16(22(32)36-8-6-4-2)12(26)10-14(28)18(20)30/h9-10H,3-8H2,1-2H3. The molecule has 0 saturated heterocycles. The van der Waals surface area contributed by atoms with E-state index in [1.54, 1.807) is 0 Å². The minimum absolute atomic E-state index is 0.0481. The number of benzene rings is 2. The van der Waals surface area contributed by atoms with Crippen LogP contribution in [0.25, 0.3) is 0 Å². The summed E-state index contributed by atoms with van der Waals surface area (Å²) in [5, 5.41) is -1.66. The van der Waals surface area contributed by atoms with Gasteiger partial charge in [0.2, 0.25) is 0 Å². The predicted octanol–water partition coefficient (Wildman–Crippen LogP) is 8.03. The predicted molar refractivity (Wildman–Crippen MR) is 145 cm³/mol. The van der Waals surface area contributed by atoms with Gasteiger partial charge < -0.3 is 18.9 Å². The molecular weight excluding hydrogens is 629 g/mol. The van der Waals surface area contributed by atoms with Gasteiger partial charge in [-0.15, -0.1) is 0 Å². The number of ether oxygens (including phenoxy) is 4. The van der Waals surface area contributed by atoms with Crippen LogP contribution in [0.1, 0.15) is 60.2 Å². The highest BCUT2D eigenvalue weighted by molar-refractivity contribution is 6.47. The molecule has 2 aromatic carbocycles. The molecule has 0 radical (unpaired) electrons. The fourth-order valence-corrected chi connectivity index (χ4v) is 4.17. The van der Waals surface area contributed by atoms with Crippen molar-refractivity contribution in [3.8, 4) is 11.5 Å². The highest BCUT2D eigenvalue weighted by Crippen LogP contribution is 2.42. The Balaban J connectivity index is 2.40. The van der Waals surface area contributed by atoms with E-state index in [1.165, 1.54) is 0 Å². The smallest absolute Gasteiger partial charge is 0.423 e. The monoisotopic (exact) mass is 646 g/mol. The minimum atomic E-state index is -1.68. The van der Waals surface area contributed by atoms with Crippen LogP contribution in [0.2, 0.25) is 30.1 Å². The summed E-state index contributed by atoms with van der Waals surface area (Å²) in [7, 11) is 0. The van der Waals surface area contributed by atoms with E-state index >= 15 is 0 Å². The molecule has 0 heterocycles. The van der Waals surface area contributed by atoms with Crippen molar-refractivity contribution in [2.45, 2.75) is 39.5 Å². The summed E-state index contributed by atoms with van der Waals surface area (Å²) in [6.07, 6.45) is 2.58. The summed E-state index contributed by atoms with van der Waals surface area (Å²) in [4.78, 5) is 50.6. The summed E-state index contributed by atoms with van der Waals surface area (Å²) in [6.45, 7) is 3.86. The average molecular weight is 649 g/mol. The summed E-state index contributed by atoms with van der Waals surface area (Å²) in [5.41, 5.74) is -0.885. The van der Waals surface area contributed by atoms with Crippen molar-refractivity contribution < 1.29 is 38.1 Å². The second-order valence-electron chi connectivity index (χ2n) is 7.47. The van der Waals surface area contributed by atoms with Crippen molar-refractivity contribution in [3.05, 3.63) is 53.4 Å². The maximum absolute atomic E-state index is 12.7. The van der Waals surface area contributed by atoms with Gasteiger partial charge in [-0.2, -0.15) is 0 Å². The number of rotatable bonds is 10. The maximum atomic E-state index is 12.7. The van der Waals surface area contributed by atoms with Gasteiger partial charge in [-0.3, -0.25) is 0 Å². The maximum Gasteiger partial charge on any atom is 0.423 e.